The zero-order chi connectivity index (χ0) is 21.9. The van der Waals surface area contributed by atoms with Gasteiger partial charge in [-0.2, -0.15) is 0 Å². The molecule has 6 heteroatoms. The SMILES string of the molecule is C=C(C)C(=O)SC=COc1ccc(-c2ccc(OCCSC(=O)C(=C)C)cc2)cc1. The molecule has 0 atom stereocenters. The van der Waals surface area contributed by atoms with Crippen LogP contribution in [-0.4, -0.2) is 22.6 Å². The second kappa shape index (κ2) is 12.1. The lowest BCUT2D eigenvalue weighted by Crippen LogP contribution is -2.03. The summed E-state index contributed by atoms with van der Waals surface area (Å²) >= 11 is 2.25. The highest BCUT2D eigenvalue weighted by Gasteiger charge is 2.04. The number of carbonyl (C=O) groups excluding carboxylic acids is 2. The summed E-state index contributed by atoms with van der Waals surface area (Å²) in [5.74, 6) is 2.03. The van der Waals surface area contributed by atoms with Gasteiger partial charge in [-0.1, -0.05) is 60.9 Å². The highest BCUT2D eigenvalue weighted by Crippen LogP contribution is 2.25. The number of thioether (sulfide) groups is 2. The van der Waals surface area contributed by atoms with Crippen LogP contribution in [0.1, 0.15) is 13.8 Å². The molecule has 0 radical (unpaired) electrons. The Labute approximate surface area is 186 Å². The predicted molar refractivity (Wildman–Crippen MR) is 127 cm³/mol. The van der Waals surface area contributed by atoms with E-state index in [0.29, 0.717) is 29.3 Å². The third-order valence-corrected chi connectivity index (χ3v) is 5.55. The van der Waals surface area contributed by atoms with E-state index < -0.39 is 0 Å². The molecule has 0 fully saturated rings. The van der Waals surface area contributed by atoms with Crippen LogP contribution in [-0.2, 0) is 9.59 Å². The topological polar surface area (TPSA) is 52.6 Å². The highest BCUT2D eigenvalue weighted by molar-refractivity contribution is 8.16. The third-order valence-electron chi connectivity index (χ3n) is 3.76. The molecular formula is C24H24O4S2. The lowest BCUT2D eigenvalue weighted by atomic mass is 10.1. The molecule has 0 heterocycles. The maximum atomic E-state index is 11.5. The first-order valence-corrected chi connectivity index (χ1v) is 11.1. The lowest BCUT2D eigenvalue weighted by molar-refractivity contribution is -0.108. The monoisotopic (exact) mass is 440 g/mol. The number of ether oxygens (including phenoxy) is 2. The van der Waals surface area contributed by atoms with Crippen molar-refractivity contribution in [1.82, 2.24) is 0 Å². The van der Waals surface area contributed by atoms with Gasteiger partial charge < -0.3 is 9.47 Å². The van der Waals surface area contributed by atoms with Crippen LogP contribution in [0.3, 0.4) is 0 Å². The summed E-state index contributed by atoms with van der Waals surface area (Å²) in [6, 6.07) is 15.4. The van der Waals surface area contributed by atoms with Crippen molar-refractivity contribution in [3.05, 3.63) is 84.5 Å². The van der Waals surface area contributed by atoms with Gasteiger partial charge in [0, 0.05) is 11.2 Å². The summed E-state index contributed by atoms with van der Waals surface area (Å²) in [5, 5.41) is 1.50. The summed E-state index contributed by atoms with van der Waals surface area (Å²) in [6.07, 6.45) is 1.48. The molecule has 0 bridgehead atoms. The minimum absolute atomic E-state index is 0.00373. The smallest absolute Gasteiger partial charge is 0.218 e. The van der Waals surface area contributed by atoms with Crippen molar-refractivity contribution in [2.75, 3.05) is 12.4 Å². The number of rotatable bonds is 10. The van der Waals surface area contributed by atoms with Gasteiger partial charge in [0.2, 0.25) is 10.2 Å². The summed E-state index contributed by atoms with van der Waals surface area (Å²) in [7, 11) is 0. The van der Waals surface area contributed by atoms with Gasteiger partial charge in [-0.3, -0.25) is 9.59 Å². The van der Waals surface area contributed by atoms with Crippen LogP contribution in [0.25, 0.3) is 11.1 Å². The number of carbonyl (C=O) groups is 2. The zero-order valence-corrected chi connectivity index (χ0v) is 18.7. The second-order valence-corrected chi connectivity index (χ2v) is 8.34. The van der Waals surface area contributed by atoms with Crippen LogP contribution in [0.5, 0.6) is 11.5 Å². The summed E-state index contributed by atoms with van der Waals surface area (Å²) in [5.41, 5.74) is 3.15. The van der Waals surface area contributed by atoms with Gasteiger partial charge in [0.25, 0.3) is 0 Å². The Morgan fingerprint density at radius 1 is 0.867 bits per heavy atom. The summed E-state index contributed by atoms with van der Waals surface area (Å²) in [6.45, 7) is 11.1. The van der Waals surface area contributed by atoms with E-state index in [1.165, 1.54) is 18.0 Å². The maximum Gasteiger partial charge on any atom is 0.218 e. The van der Waals surface area contributed by atoms with Crippen molar-refractivity contribution in [1.29, 1.82) is 0 Å². The molecule has 2 aromatic rings. The van der Waals surface area contributed by atoms with Crippen LogP contribution < -0.4 is 9.47 Å². The Kier molecular flexibility index (Phi) is 9.51. The van der Waals surface area contributed by atoms with Crippen molar-refractivity contribution in [2.45, 2.75) is 13.8 Å². The molecule has 0 aromatic heterocycles. The minimum Gasteiger partial charge on any atom is -0.493 e. The van der Waals surface area contributed by atoms with E-state index >= 15 is 0 Å². The van der Waals surface area contributed by atoms with Crippen molar-refractivity contribution in [2.24, 2.45) is 0 Å². The molecule has 0 aliphatic heterocycles. The molecular weight excluding hydrogens is 416 g/mol. The Bertz CT molecular complexity index is 929. The van der Waals surface area contributed by atoms with Crippen molar-refractivity contribution >= 4 is 33.8 Å². The van der Waals surface area contributed by atoms with Crippen molar-refractivity contribution in [3.63, 3.8) is 0 Å². The first kappa shape index (κ1) is 23.6. The molecule has 2 rings (SSSR count). The van der Waals surface area contributed by atoms with Gasteiger partial charge in [-0.05, 0) is 60.4 Å². The number of hydrogen-bond acceptors (Lipinski definition) is 6. The van der Waals surface area contributed by atoms with Gasteiger partial charge in [-0.25, -0.2) is 0 Å². The fraction of sp³-hybridized carbons (Fsp3) is 0.167. The standard InChI is InChI=1S/C24H24O4S2/c1-17(2)23(25)29-15-13-27-21-9-5-19(6-10-21)20-7-11-22(12-8-20)28-14-16-30-24(26)18(3)4/h5-13,15H,1,3,14,16H2,2,4H3. The van der Waals surface area contributed by atoms with Crippen LogP contribution in [0.4, 0.5) is 0 Å². The zero-order valence-electron chi connectivity index (χ0n) is 17.1. The average Bonchev–Trinajstić information content (AvgIpc) is 2.74. The van der Waals surface area contributed by atoms with E-state index in [0.717, 1.165) is 28.6 Å². The Hall–Kier alpha value is -2.70. The van der Waals surface area contributed by atoms with Gasteiger partial charge in [0.15, 0.2) is 0 Å². The van der Waals surface area contributed by atoms with Crippen LogP contribution in [0.2, 0.25) is 0 Å². The van der Waals surface area contributed by atoms with Gasteiger partial charge in [0.1, 0.15) is 11.5 Å². The molecule has 0 aliphatic rings. The van der Waals surface area contributed by atoms with E-state index in [1.807, 2.05) is 48.5 Å². The van der Waals surface area contributed by atoms with Crippen molar-refractivity contribution < 1.29 is 19.1 Å². The first-order chi connectivity index (χ1) is 14.4. The minimum atomic E-state index is -0.0864. The van der Waals surface area contributed by atoms with Gasteiger partial charge in [0.05, 0.1) is 12.9 Å². The third kappa shape index (κ3) is 7.97. The molecule has 0 spiro atoms. The Balaban J connectivity index is 1.82. The second-order valence-electron chi connectivity index (χ2n) is 6.39. The van der Waals surface area contributed by atoms with E-state index in [-0.39, 0.29) is 10.2 Å². The molecule has 156 valence electrons. The molecule has 0 saturated carbocycles. The van der Waals surface area contributed by atoms with Crippen LogP contribution >= 0.6 is 23.5 Å². The number of hydrogen-bond donors (Lipinski definition) is 0. The van der Waals surface area contributed by atoms with Gasteiger partial charge >= 0.3 is 0 Å². The summed E-state index contributed by atoms with van der Waals surface area (Å²) in [4.78, 5) is 22.9. The quantitative estimate of drug-likeness (QED) is 0.247. The van der Waals surface area contributed by atoms with Crippen LogP contribution in [0.15, 0.2) is 84.5 Å². The first-order valence-electron chi connectivity index (χ1n) is 9.21. The van der Waals surface area contributed by atoms with Crippen LogP contribution in [0, 0.1) is 0 Å². The molecule has 0 unspecified atom stereocenters. The molecule has 30 heavy (non-hydrogen) atoms. The fourth-order valence-corrected chi connectivity index (χ4v) is 3.22. The molecule has 4 nitrogen and oxygen atoms in total. The molecule has 0 N–H and O–H groups in total. The fourth-order valence-electron chi connectivity index (χ4n) is 2.18. The van der Waals surface area contributed by atoms with E-state index in [1.54, 1.807) is 19.3 Å². The predicted octanol–water partition coefficient (Wildman–Crippen LogP) is 6.25. The van der Waals surface area contributed by atoms with E-state index in [4.69, 9.17) is 9.47 Å². The van der Waals surface area contributed by atoms with Gasteiger partial charge in [-0.15, -0.1) is 0 Å². The molecule has 0 saturated heterocycles. The maximum absolute atomic E-state index is 11.5. The molecule has 2 aromatic carbocycles. The van der Waals surface area contributed by atoms with E-state index in [2.05, 4.69) is 13.2 Å². The largest absolute Gasteiger partial charge is 0.493 e. The summed E-state index contributed by atoms with van der Waals surface area (Å²) < 4.78 is 11.2. The molecule has 0 aliphatic carbocycles. The average molecular weight is 441 g/mol. The Morgan fingerprint density at radius 3 is 1.93 bits per heavy atom. The van der Waals surface area contributed by atoms with E-state index in [9.17, 15) is 9.59 Å². The van der Waals surface area contributed by atoms with Crippen molar-refractivity contribution in [3.8, 4) is 22.6 Å². The highest BCUT2D eigenvalue weighted by atomic mass is 32.2. The Morgan fingerprint density at radius 2 is 1.40 bits per heavy atom. The normalized spacial score (nSPS) is 10.6. The molecule has 0 amide bonds. The lowest BCUT2D eigenvalue weighted by Gasteiger charge is -2.08. The number of benzene rings is 2.